The molecule has 1 aromatic carbocycles. The molecule has 1 heterocycles. The summed E-state index contributed by atoms with van der Waals surface area (Å²) in [5, 5.41) is 10.9. The number of hydrogen-bond donors (Lipinski definition) is 1. The number of nitrogens with zero attached hydrogens (tertiary/aromatic N) is 1. The van der Waals surface area contributed by atoms with Crippen LogP contribution in [0.4, 0.5) is 0 Å². The molecule has 0 amide bonds. The van der Waals surface area contributed by atoms with E-state index >= 15 is 0 Å². The van der Waals surface area contributed by atoms with E-state index < -0.39 is 6.10 Å². The summed E-state index contributed by atoms with van der Waals surface area (Å²) in [6.07, 6.45) is 0.152. The van der Waals surface area contributed by atoms with Crippen molar-refractivity contribution >= 4 is 27.5 Å². The molecule has 112 valence electrons. The van der Waals surface area contributed by atoms with Gasteiger partial charge in [-0.3, -0.25) is 4.90 Å². The topological polar surface area (TPSA) is 32.7 Å². The Morgan fingerprint density at radius 3 is 2.90 bits per heavy atom. The predicted molar refractivity (Wildman–Crippen MR) is 85.2 cm³/mol. The molecule has 1 atom stereocenters. The summed E-state index contributed by atoms with van der Waals surface area (Å²) in [7, 11) is 0. The van der Waals surface area contributed by atoms with Crippen molar-refractivity contribution in [1.29, 1.82) is 0 Å². The first kappa shape index (κ1) is 16.2. The third-order valence-electron chi connectivity index (χ3n) is 3.54. The standard InChI is InChI=1S/C15H21BrClNO2/c1-15(2)10-18(7-8-20-15)6-5-14(19)12-4-3-11(16)9-13(12)17/h3-4,9,14,19H,5-8,10H2,1-2H3. The third-order valence-corrected chi connectivity index (χ3v) is 4.37. The van der Waals surface area contributed by atoms with Crippen molar-refractivity contribution in [3.8, 4) is 0 Å². The first-order valence-corrected chi connectivity index (χ1v) is 8.04. The molecule has 0 aromatic heterocycles. The molecule has 0 bridgehead atoms. The fourth-order valence-electron chi connectivity index (χ4n) is 2.54. The van der Waals surface area contributed by atoms with Gasteiger partial charge in [-0.05, 0) is 38.0 Å². The van der Waals surface area contributed by atoms with Crippen molar-refractivity contribution < 1.29 is 9.84 Å². The van der Waals surface area contributed by atoms with E-state index in [2.05, 4.69) is 34.7 Å². The average Bonchev–Trinajstić information content (AvgIpc) is 2.35. The summed E-state index contributed by atoms with van der Waals surface area (Å²) < 4.78 is 6.61. The Hall–Kier alpha value is -0.130. The van der Waals surface area contributed by atoms with Gasteiger partial charge in [-0.1, -0.05) is 33.6 Å². The smallest absolute Gasteiger partial charge is 0.0816 e. The lowest BCUT2D eigenvalue weighted by Crippen LogP contribution is -2.48. The lowest BCUT2D eigenvalue weighted by molar-refractivity contribution is -0.0878. The maximum absolute atomic E-state index is 10.3. The van der Waals surface area contributed by atoms with Gasteiger partial charge in [0.1, 0.15) is 0 Å². The minimum absolute atomic E-state index is 0.0988. The van der Waals surface area contributed by atoms with E-state index in [-0.39, 0.29) is 5.60 Å². The zero-order valence-corrected chi connectivity index (χ0v) is 14.2. The first-order valence-electron chi connectivity index (χ1n) is 6.87. The van der Waals surface area contributed by atoms with Crippen molar-refractivity contribution in [1.82, 2.24) is 4.90 Å². The number of rotatable bonds is 4. The van der Waals surface area contributed by atoms with E-state index in [1.54, 1.807) is 0 Å². The molecule has 0 saturated carbocycles. The number of hydrogen-bond acceptors (Lipinski definition) is 3. The number of halogens is 2. The van der Waals surface area contributed by atoms with Gasteiger partial charge in [0.2, 0.25) is 0 Å². The third kappa shape index (κ3) is 4.43. The Bertz CT molecular complexity index is 467. The fourth-order valence-corrected chi connectivity index (χ4v) is 3.34. The molecular weight excluding hydrogens is 342 g/mol. The Labute approximate surface area is 134 Å². The van der Waals surface area contributed by atoms with Crippen molar-refractivity contribution in [2.24, 2.45) is 0 Å². The van der Waals surface area contributed by atoms with E-state index in [0.717, 1.165) is 36.3 Å². The van der Waals surface area contributed by atoms with E-state index in [0.29, 0.717) is 11.4 Å². The van der Waals surface area contributed by atoms with Crippen molar-refractivity contribution in [3.63, 3.8) is 0 Å². The number of ether oxygens (including phenoxy) is 1. The lowest BCUT2D eigenvalue weighted by atomic mass is 10.0. The van der Waals surface area contributed by atoms with Crippen molar-refractivity contribution in [3.05, 3.63) is 33.3 Å². The molecule has 20 heavy (non-hydrogen) atoms. The van der Waals surface area contributed by atoms with Gasteiger partial charge in [-0.2, -0.15) is 0 Å². The largest absolute Gasteiger partial charge is 0.388 e. The van der Waals surface area contributed by atoms with Crippen LogP contribution in [0.3, 0.4) is 0 Å². The monoisotopic (exact) mass is 361 g/mol. The molecule has 1 fully saturated rings. The van der Waals surface area contributed by atoms with Crippen LogP contribution < -0.4 is 0 Å². The summed E-state index contributed by atoms with van der Waals surface area (Å²) >= 11 is 9.54. The zero-order chi connectivity index (χ0) is 14.8. The molecule has 1 N–H and O–H groups in total. The quantitative estimate of drug-likeness (QED) is 0.887. The summed E-state index contributed by atoms with van der Waals surface area (Å²) in [4.78, 5) is 2.33. The summed E-state index contributed by atoms with van der Waals surface area (Å²) in [6.45, 7) is 7.61. The molecule has 1 aliphatic heterocycles. The van der Waals surface area contributed by atoms with Crippen LogP contribution in [0.2, 0.25) is 5.02 Å². The fraction of sp³-hybridized carbons (Fsp3) is 0.600. The van der Waals surface area contributed by atoms with Gasteiger partial charge in [-0.15, -0.1) is 0 Å². The van der Waals surface area contributed by atoms with E-state index in [9.17, 15) is 5.11 Å². The van der Waals surface area contributed by atoms with Crippen LogP contribution in [-0.4, -0.2) is 41.8 Å². The second-order valence-electron chi connectivity index (χ2n) is 5.85. The molecule has 2 rings (SSSR count). The second-order valence-corrected chi connectivity index (χ2v) is 7.18. The van der Waals surface area contributed by atoms with Crippen molar-refractivity contribution in [2.45, 2.75) is 32.0 Å². The van der Waals surface area contributed by atoms with Crippen LogP contribution in [0.25, 0.3) is 0 Å². The molecule has 0 aliphatic carbocycles. The van der Waals surface area contributed by atoms with Gasteiger partial charge in [0.25, 0.3) is 0 Å². The van der Waals surface area contributed by atoms with Crippen LogP contribution in [0.5, 0.6) is 0 Å². The molecule has 5 heteroatoms. The molecule has 1 aromatic rings. The van der Waals surface area contributed by atoms with E-state index in [1.807, 2.05) is 18.2 Å². The maximum atomic E-state index is 10.3. The number of aliphatic hydroxyl groups is 1. The predicted octanol–water partition coefficient (Wildman–Crippen LogP) is 3.64. The van der Waals surface area contributed by atoms with Gasteiger partial charge < -0.3 is 9.84 Å². The van der Waals surface area contributed by atoms with Gasteiger partial charge in [0.05, 0.1) is 18.3 Å². The second kappa shape index (κ2) is 6.75. The Morgan fingerprint density at radius 2 is 2.25 bits per heavy atom. The van der Waals surface area contributed by atoms with Gasteiger partial charge in [0.15, 0.2) is 0 Å². The molecule has 1 unspecified atom stereocenters. The Morgan fingerprint density at radius 1 is 1.50 bits per heavy atom. The van der Waals surface area contributed by atoms with Crippen LogP contribution in [0.15, 0.2) is 22.7 Å². The highest BCUT2D eigenvalue weighted by Gasteiger charge is 2.27. The Balaban J connectivity index is 1.90. The van der Waals surface area contributed by atoms with Gasteiger partial charge >= 0.3 is 0 Å². The van der Waals surface area contributed by atoms with Gasteiger partial charge in [0, 0.05) is 29.1 Å². The maximum Gasteiger partial charge on any atom is 0.0816 e. The van der Waals surface area contributed by atoms with Gasteiger partial charge in [-0.25, -0.2) is 0 Å². The number of benzene rings is 1. The number of aliphatic hydroxyl groups excluding tert-OH is 1. The SMILES string of the molecule is CC1(C)CN(CCC(O)c2ccc(Br)cc2Cl)CCO1. The molecule has 0 radical (unpaired) electrons. The first-order chi connectivity index (χ1) is 9.37. The molecular formula is C15H21BrClNO2. The van der Waals surface area contributed by atoms with Crippen molar-refractivity contribution in [2.75, 3.05) is 26.2 Å². The summed E-state index contributed by atoms with van der Waals surface area (Å²) in [6, 6.07) is 5.60. The average molecular weight is 363 g/mol. The minimum atomic E-state index is -0.526. The van der Waals surface area contributed by atoms with Crippen LogP contribution in [0, 0.1) is 0 Å². The summed E-state index contributed by atoms with van der Waals surface area (Å²) in [5.74, 6) is 0. The van der Waals surface area contributed by atoms with E-state index in [1.165, 1.54) is 0 Å². The minimum Gasteiger partial charge on any atom is -0.388 e. The molecule has 1 saturated heterocycles. The Kier molecular flexibility index (Phi) is 5.49. The van der Waals surface area contributed by atoms with Crippen LogP contribution in [-0.2, 0) is 4.74 Å². The lowest BCUT2D eigenvalue weighted by Gasteiger charge is -2.38. The number of morpholine rings is 1. The molecule has 0 spiro atoms. The summed E-state index contributed by atoms with van der Waals surface area (Å²) in [5.41, 5.74) is 0.695. The highest BCUT2D eigenvalue weighted by atomic mass is 79.9. The zero-order valence-electron chi connectivity index (χ0n) is 11.9. The normalized spacial score (nSPS) is 20.9. The highest BCUT2D eigenvalue weighted by molar-refractivity contribution is 9.10. The molecule has 1 aliphatic rings. The van der Waals surface area contributed by atoms with Crippen LogP contribution in [0.1, 0.15) is 31.9 Å². The molecule has 3 nitrogen and oxygen atoms in total. The van der Waals surface area contributed by atoms with E-state index in [4.69, 9.17) is 16.3 Å². The van der Waals surface area contributed by atoms with Crippen LogP contribution >= 0.6 is 27.5 Å². The highest BCUT2D eigenvalue weighted by Crippen LogP contribution is 2.28.